The molecule has 0 atom stereocenters. The number of rotatable bonds is 1. The summed E-state index contributed by atoms with van der Waals surface area (Å²) in [6.07, 6.45) is 1.56. The largest absolute Gasteiger partial charge is 0.295 e. The quantitative estimate of drug-likeness (QED) is 0.675. The highest BCUT2D eigenvalue weighted by molar-refractivity contribution is 5.94. The first-order valence-corrected chi connectivity index (χ1v) is 4.26. The number of aromatic nitrogens is 3. The van der Waals surface area contributed by atoms with Crippen molar-refractivity contribution in [2.24, 2.45) is 0 Å². The summed E-state index contributed by atoms with van der Waals surface area (Å²) in [5.74, 6) is -0.210. The van der Waals surface area contributed by atoms with Crippen molar-refractivity contribution in [1.82, 2.24) is 15.0 Å². The highest BCUT2D eigenvalue weighted by Crippen LogP contribution is 2.00. The Morgan fingerprint density at radius 3 is 2.57 bits per heavy atom. The topological polar surface area (TPSA) is 47.8 Å². The van der Waals surface area contributed by atoms with E-state index in [2.05, 4.69) is 10.2 Å². The molecule has 0 radical (unpaired) electrons. The fraction of sp³-hybridized carbons (Fsp3) is 0.100. The minimum Gasteiger partial charge on any atom is -0.265 e. The second-order valence-electron chi connectivity index (χ2n) is 2.95. The standard InChI is InChI=1S/C10H9N3O/c1-8-7-11-13(12-8)10(14)9-5-3-2-4-6-9/h2-7H,1H3. The Hall–Kier alpha value is -1.97. The molecule has 0 saturated carbocycles. The van der Waals surface area contributed by atoms with Crippen LogP contribution in [0.2, 0.25) is 0 Å². The van der Waals surface area contributed by atoms with Crippen LogP contribution in [-0.4, -0.2) is 20.9 Å². The second kappa shape index (κ2) is 3.41. The molecule has 0 amide bonds. The molecule has 2 rings (SSSR count). The Morgan fingerprint density at radius 2 is 2.00 bits per heavy atom. The summed E-state index contributed by atoms with van der Waals surface area (Å²) < 4.78 is 0. The fourth-order valence-electron chi connectivity index (χ4n) is 1.13. The van der Waals surface area contributed by atoms with Crippen LogP contribution < -0.4 is 0 Å². The lowest BCUT2D eigenvalue weighted by molar-refractivity contribution is 0.0927. The van der Waals surface area contributed by atoms with Crippen molar-refractivity contribution in [2.45, 2.75) is 6.92 Å². The number of benzene rings is 1. The number of carbonyl (C=O) groups is 1. The average Bonchev–Trinajstić information content (AvgIpc) is 2.65. The van der Waals surface area contributed by atoms with Gasteiger partial charge < -0.3 is 0 Å². The Kier molecular flexibility index (Phi) is 2.10. The molecule has 2 aromatic rings. The predicted molar refractivity (Wildman–Crippen MR) is 50.9 cm³/mol. The molecule has 0 aliphatic rings. The Labute approximate surface area is 81.2 Å². The van der Waals surface area contributed by atoms with Gasteiger partial charge in [0, 0.05) is 5.56 Å². The van der Waals surface area contributed by atoms with Gasteiger partial charge in [0.25, 0.3) is 5.91 Å². The van der Waals surface area contributed by atoms with Crippen molar-refractivity contribution in [2.75, 3.05) is 0 Å². The first-order chi connectivity index (χ1) is 6.77. The zero-order chi connectivity index (χ0) is 9.97. The molecule has 0 aliphatic carbocycles. The molecule has 4 nitrogen and oxygen atoms in total. The Bertz CT molecular complexity index is 447. The van der Waals surface area contributed by atoms with Crippen LogP contribution in [0.25, 0.3) is 0 Å². The molecule has 0 spiro atoms. The third kappa shape index (κ3) is 1.54. The molecule has 0 saturated heterocycles. The lowest BCUT2D eigenvalue weighted by atomic mass is 10.2. The van der Waals surface area contributed by atoms with Crippen molar-refractivity contribution >= 4 is 5.91 Å². The molecule has 1 heterocycles. The van der Waals surface area contributed by atoms with Gasteiger partial charge in [0.1, 0.15) is 0 Å². The number of hydrogen-bond acceptors (Lipinski definition) is 3. The van der Waals surface area contributed by atoms with Crippen LogP contribution >= 0.6 is 0 Å². The predicted octanol–water partition coefficient (Wildman–Crippen LogP) is 1.28. The molecular weight excluding hydrogens is 178 g/mol. The van der Waals surface area contributed by atoms with Crippen LogP contribution in [0.15, 0.2) is 36.5 Å². The van der Waals surface area contributed by atoms with Crippen molar-refractivity contribution in [3.63, 3.8) is 0 Å². The monoisotopic (exact) mass is 187 g/mol. The number of nitrogens with zero attached hydrogens (tertiary/aromatic N) is 3. The molecule has 1 aromatic heterocycles. The summed E-state index contributed by atoms with van der Waals surface area (Å²) in [4.78, 5) is 12.8. The molecule has 70 valence electrons. The van der Waals surface area contributed by atoms with E-state index in [-0.39, 0.29) is 5.91 Å². The SMILES string of the molecule is Cc1cnn(C(=O)c2ccccc2)n1. The number of carbonyl (C=O) groups excluding carboxylic acids is 1. The van der Waals surface area contributed by atoms with Crippen LogP contribution in [0.3, 0.4) is 0 Å². The molecule has 0 unspecified atom stereocenters. The molecule has 0 fully saturated rings. The van der Waals surface area contributed by atoms with Gasteiger partial charge in [-0.1, -0.05) is 18.2 Å². The normalized spacial score (nSPS) is 10.1. The third-order valence-corrected chi connectivity index (χ3v) is 1.81. The minimum atomic E-state index is -0.210. The van der Waals surface area contributed by atoms with Gasteiger partial charge in [0.2, 0.25) is 0 Å². The van der Waals surface area contributed by atoms with E-state index in [1.54, 1.807) is 25.3 Å². The Balaban J connectivity index is 2.34. The van der Waals surface area contributed by atoms with Crippen LogP contribution in [-0.2, 0) is 0 Å². The number of hydrogen-bond donors (Lipinski definition) is 0. The smallest absolute Gasteiger partial charge is 0.265 e. The molecular formula is C10H9N3O. The van der Waals surface area contributed by atoms with E-state index < -0.39 is 0 Å². The zero-order valence-electron chi connectivity index (χ0n) is 7.71. The van der Waals surface area contributed by atoms with Gasteiger partial charge in [-0.25, -0.2) is 0 Å². The molecule has 14 heavy (non-hydrogen) atoms. The van der Waals surface area contributed by atoms with E-state index in [1.165, 1.54) is 0 Å². The summed E-state index contributed by atoms with van der Waals surface area (Å²) in [6.45, 7) is 1.79. The highest BCUT2D eigenvalue weighted by Gasteiger charge is 2.09. The maximum absolute atomic E-state index is 11.7. The molecule has 0 bridgehead atoms. The second-order valence-corrected chi connectivity index (χ2v) is 2.95. The molecule has 1 aromatic carbocycles. The summed E-state index contributed by atoms with van der Waals surface area (Å²) in [7, 11) is 0. The van der Waals surface area contributed by atoms with Gasteiger partial charge in [-0.2, -0.15) is 10.2 Å². The average molecular weight is 187 g/mol. The lowest BCUT2D eigenvalue weighted by Crippen LogP contribution is -2.15. The fourth-order valence-corrected chi connectivity index (χ4v) is 1.13. The third-order valence-electron chi connectivity index (χ3n) is 1.81. The Morgan fingerprint density at radius 1 is 1.29 bits per heavy atom. The molecule has 4 heteroatoms. The van der Waals surface area contributed by atoms with E-state index >= 15 is 0 Å². The maximum atomic E-state index is 11.7. The van der Waals surface area contributed by atoms with Crippen LogP contribution in [0, 0.1) is 6.92 Å². The zero-order valence-corrected chi connectivity index (χ0v) is 7.71. The van der Waals surface area contributed by atoms with Gasteiger partial charge >= 0.3 is 0 Å². The summed E-state index contributed by atoms with van der Waals surface area (Å²) >= 11 is 0. The van der Waals surface area contributed by atoms with Crippen LogP contribution in [0.4, 0.5) is 0 Å². The van der Waals surface area contributed by atoms with Crippen LogP contribution in [0.5, 0.6) is 0 Å². The number of aryl methyl sites for hydroxylation is 1. The van der Waals surface area contributed by atoms with E-state index in [1.807, 2.05) is 18.2 Å². The van der Waals surface area contributed by atoms with Gasteiger partial charge in [0.05, 0.1) is 11.9 Å². The van der Waals surface area contributed by atoms with E-state index in [9.17, 15) is 4.79 Å². The maximum Gasteiger partial charge on any atom is 0.295 e. The van der Waals surface area contributed by atoms with Gasteiger partial charge in [0.15, 0.2) is 0 Å². The molecule has 0 N–H and O–H groups in total. The van der Waals surface area contributed by atoms with E-state index in [0.717, 1.165) is 10.5 Å². The van der Waals surface area contributed by atoms with Crippen molar-refractivity contribution in [3.05, 3.63) is 47.8 Å². The first kappa shape index (κ1) is 8.62. The van der Waals surface area contributed by atoms with Crippen molar-refractivity contribution in [3.8, 4) is 0 Å². The van der Waals surface area contributed by atoms with Crippen molar-refractivity contribution < 1.29 is 4.79 Å². The first-order valence-electron chi connectivity index (χ1n) is 4.26. The van der Waals surface area contributed by atoms with Gasteiger partial charge in [-0.15, -0.1) is 4.80 Å². The van der Waals surface area contributed by atoms with Crippen LogP contribution in [0.1, 0.15) is 16.1 Å². The van der Waals surface area contributed by atoms with E-state index in [0.29, 0.717) is 5.56 Å². The molecule has 0 aliphatic heterocycles. The summed E-state index contributed by atoms with van der Waals surface area (Å²) in [5, 5.41) is 7.79. The van der Waals surface area contributed by atoms with E-state index in [4.69, 9.17) is 0 Å². The van der Waals surface area contributed by atoms with Crippen molar-refractivity contribution in [1.29, 1.82) is 0 Å². The minimum absolute atomic E-state index is 0.210. The highest BCUT2D eigenvalue weighted by atomic mass is 16.2. The van der Waals surface area contributed by atoms with Gasteiger partial charge in [-0.3, -0.25) is 4.79 Å². The van der Waals surface area contributed by atoms with Gasteiger partial charge in [-0.05, 0) is 19.1 Å². The summed E-state index contributed by atoms with van der Waals surface area (Å²) in [5.41, 5.74) is 1.32. The lowest BCUT2D eigenvalue weighted by Gasteiger charge is -1.97. The summed E-state index contributed by atoms with van der Waals surface area (Å²) in [6, 6.07) is 8.95.